The van der Waals surface area contributed by atoms with E-state index < -0.39 is 0 Å². The maximum atomic E-state index is 4.55. The molecule has 1 aliphatic heterocycles. The minimum atomic E-state index is 0.987. The predicted octanol–water partition coefficient (Wildman–Crippen LogP) is 3.20. The van der Waals surface area contributed by atoms with Crippen LogP contribution in [0.3, 0.4) is 0 Å². The average molecular weight is 322 g/mol. The van der Waals surface area contributed by atoms with Crippen LogP contribution in [0.2, 0.25) is 0 Å². The third kappa shape index (κ3) is 3.16. The minimum absolute atomic E-state index is 0.987. The first kappa shape index (κ1) is 14.5. The monoisotopic (exact) mass is 322 g/mol. The first-order valence-corrected chi connectivity index (χ1v) is 8.76. The van der Waals surface area contributed by atoms with E-state index >= 15 is 0 Å². The zero-order chi connectivity index (χ0) is 15.5. The largest absolute Gasteiger partial charge is 0.298 e. The minimum Gasteiger partial charge on any atom is -0.298 e. The van der Waals surface area contributed by atoms with E-state index in [2.05, 4.69) is 37.4 Å². The molecule has 0 amide bonds. The van der Waals surface area contributed by atoms with Crippen molar-refractivity contribution in [3.8, 4) is 11.3 Å². The van der Waals surface area contributed by atoms with Gasteiger partial charge in [-0.05, 0) is 30.0 Å². The van der Waals surface area contributed by atoms with E-state index in [4.69, 9.17) is 0 Å². The molecule has 23 heavy (non-hydrogen) atoms. The lowest BCUT2D eigenvalue weighted by Crippen LogP contribution is -2.25. The summed E-state index contributed by atoms with van der Waals surface area (Å²) in [5, 5.41) is 2.15. The summed E-state index contributed by atoms with van der Waals surface area (Å²) in [6, 6.07) is 8.39. The molecule has 4 heterocycles. The summed E-state index contributed by atoms with van der Waals surface area (Å²) in [4.78, 5) is 17.1. The Balaban J connectivity index is 1.59. The molecule has 0 spiro atoms. The van der Waals surface area contributed by atoms with Gasteiger partial charge in [0.25, 0.3) is 0 Å². The molecular weight excluding hydrogens is 304 g/mol. The van der Waals surface area contributed by atoms with Crippen molar-refractivity contribution in [1.82, 2.24) is 19.9 Å². The molecule has 0 aromatic carbocycles. The standard InChI is InChI=1S/C18H18N4S/c1-2-15(23-11-1)12-22-9-5-16-17(6-10-22)20-13-21-18(16)14-3-7-19-8-4-14/h1-4,7-8,11,13H,5-6,9-10,12H2. The van der Waals surface area contributed by atoms with Gasteiger partial charge in [-0.15, -0.1) is 11.3 Å². The molecule has 0 N–H and O–H groups in total. The molecule has 0 bridgehead atoms. The normalized spacial score (nSPS) is 15.1. The van der Waals surface area contributed by atoms with Gasteiger partial charge in [0.05, 0.1) is 5.69 Å². The molecule has 4 nitrogen and oxygen atoms in total. The lowest BCUT2D eigenvalue weighted by Gasteiger charge is -2.18. The van der Waals surface area contributed by atoms with Gasteiger partial charge in [0.15, 0.2) is 0 Å². The molecule has 3 aromatic heterocycles. The van der Waals surface area contributed by atoms with E-state index in [-0.39, 0.29) is 0 Å². The maximum absolute atomic E-state index is 4.55. The SMILES string of the molecule is c1csc(CN2CCc3ncnc(-c4ccncc4)c3CC2)c1. The Kier molecular flexibility index (Phi) is 4.13. The first-order valence-electron chi connectivity index (χ1n) is 7.88. The van der Waals surface area contributed by atoms with Gasteiger partial charge in [-0.1, -0.05) is 6.07 Å². The van der Waals surface area contributed by atoms with Crippen LogP contribution in [0, 0.1) is 0 Å². The molecular formula is C18H18N4S. The second-order valence-corrected chi connectivity index (χ2v) is 6.77. The highest BCUT2D eigenvalue weighted by atomic mass is 32.1. The van der Waals surface area contributed by atoms with Gasteiger partial charge in [-0.2, -0.15) is 0 Å². The molecule has 5 heteroatoms. The summed E-state index contributed by atoms with van der Waals surface area (Å²) in [7, 11) is 0. The molecule has 1 aliphatic rings. The second kappa shape index (κ2) is 6.56. The van der Waals surface area contributed by atoms with Crippen LogP contribution in [-0.2, 0) is 19.4 Å². The van der Waals surface area contributed by atoms with Crippen LogP contribution in [-0.4, -0.2) is 32.9 Å². The van der Waals surface area contributed by atoms with Crippen LogP contribution >= 0.6 is 11.3 Å². The topological polar surface area (TPSA) is 41.9 Å². The molecule has 0 radical (unpaired) electrons. The second-order valence-electron chi connectivity index (χ2n) is 5.74. The molecule has 116 valence electrons. The zero-order valence-electron chi connectivity index (χ0n) is 12.9. The van der Waals surface area contributed by atoms with Crippen molar-refractivity contribution in [3.63, 3.8) is 0 Å². The number of hydrogen-bond acceptors (Lipinski definition) is 5. The molecule has 0 saturated heterocycles. The molecule has 0 atom stereocenters. The lowest BCUT2D eigenvalue weighted by molar-refractivity contribution is 0.281. The van der Waals surface area contributed by atoms with Crippen LogP contribution in [0.25, 0.3) is 11.3 Å². The summed E-state index contributed by atoms with van der Waals surface area (Å²) >= 11 is 1.83. The van der Waals surface area contributed by atoms with Crippen LogP contribution < -0.4 is 0 Å². The van der Waals surface area contributed by atoms with Crippen LogP contribution in [0.4, 0.5) is 0 Å². The summed E-state index contributed by atoms with van der Waals surface area (Å²) in [6.07, 6.45) is 7.33. The highest BCUT2D eigenvalue weighted by molar-refractivity contribution is 7.09. The third-order valence-electron chi connectivity index (χ3n) is 4.29. The van der Waals surface area contributed by atoms with Gasteiger partial charge < -0.3 is 0 Å². The fourth-order valence-electron chi connectivity index (χ4n) is 3.11. The summed E-state index contributed by atoms with van der Waals surface area (Å²) in [5.41, 5.74) is 4.69. The summed E-state index contributed by atoms with van der Waals surface area (Å²) in [5.74, 6) is 0. The number of thiophene rings is 1. The Labute approximate surface area is 139 Å². The van der Waals surface area contributed by atoms with E-state index in [1.807, 2.05) is 35.9 Å². The molecule has 0 unspecified atom stereocenters. The molecule has 4 rings (SSSR count). The Morgan fingerprint density at radius 1 is 1.04 bits per heavy atom. The molecule has 0 aliphatic carbocycles. The van der Waals surface area contributed by atoms with Gasteiger partial charge >= 0.3 is 0 Å². The number of nitrogens with zero attached hydrogens (tertiary/aromatic N) is 4. The first-order chi connectivity index (χ1) is 11.4. The summed E-state index contributed by atoms with van der Waals surface area (Å²) in [6.45, 7) is 3.14. The fourth-order valence-corrected chi connectivity index (χ4v) is 3.86. The number of pyridine rings is 1. The molecule has 3 aromatic rings. The van der Waals surface area contributed by atoms with E-state index in [9.17, 15) is 0 Å². The highest BCUT2D eigenvalue weighted by Crippen LogP contribution is 2.26. The van der Waals surface area contributed by atoms with E-state index in [0.29, 0.717) is 0 Å². The van der Waals surface area contributed by atoms with Gasteiger partial charge in [0, 0.05) is 60.1 Å². The van der Waals surface area contributed by atoms with Crippen LogP contribution in [0.15, 0.2) is 48.4 Å². The Morgan fingerprint density at radius 2 is 1.91 bits per heavy atom. The quantitative estimate of drug-likeness (QED) is 0.742. The van der Waals surface area contributed by atoms with Crippen LogP contribution in [0.1, 0.15) is 16.1 Å². The predicted molar refractivity (Wildman–Crippen MR) is 92.3 cm³/mol. The smallest absolute Gasteiger partial charge is 0.116 e. The van der Waals surface area contributed by atoms with Crippen molar-refractivity contribution >= 4 is 11.3 Å². The van der Waals surface area contributed by atoms with Gasteiger partial charge in [0.1, 0.15) is 6.33 Å². The van der Waals surface area contributed by atoms with E-state index in [0.717, 1.165) is 43.7 Å². The van der Waals surface area contributed by atoms with Crippen molar-refractivity contribution in [3.05, 3.63) is 64.5 Å². The Bertz CT molecular complexity index is 771. The summed E-state index contributed by atoms with van der Waals surface area (Å²) < 4.78 is 0. The number of rotatable bonds is 3. The van der Waals surface area contributed by atoms with Crippen LogP contribution in [0.5, 0.6) is 0 Å². The fraction of sp³-hybridized carbons (Fsp3) is 0.278. The van der Waals surface area contributed by atoms with Gasteiger partial charge in [0.2, 0.25) is 0 Å². The number of hydrogen-bond donors (Lipinski definition) is 0. The van der Waals surface area contributed by atoms with Crippen molar-refractivity contribution in [2.45, 2.75) is 19.4 Å². The Morgan fingerprint density at radius 3 is 2.74 bits per heavy atom. The maximum Gasteiger partial charge on any atom is 0.116 e. The lowest BCUT2D eigenvalue weighted by atomic mass is 10.0. The zero-order valence-corrected chi connectivity index (χ0v) is 13.7. The van der Waals surface area contributed by atoms with Crippen molar-refractivity contribution < 1.29 is 0 Å². The number of fused-ring (bicyclic) bond motifs is 1. The molecule has 0 fully saturated rings. The van der Waals surface area contributed by atoms with Gasteiger partial charge in [-0.3, -0.25) is 9.88 Å². The molecule has 0 saturated carbocycles. The van der Waals surface area contributed by atoms with Crippen molar-refractivity contribution in [1.29, 1.82) is 0 Å². The van der Waals surface area contributed by atoms with Crippen molar-refractivity contribution in [2.24, 2.45) is 0 Å². The highest BCUT2D eigenvalue weighted by Gasteiger charge is 2.19. The Hall–Kier alpha value is -2.11. The van der Waals surface area contributed by atoms with E-state index in [1.54, 1.807) is 6.33 Å². The average Bonchev–Trinajstić information content (AvgIpc) is 3.02. The van der Waals surface area contributed by atoms with Gasteiger partial charge in [-0.25, -0.2) is 9.97 Å². The van der Waals surface area contributed by atoms with Crippen molar-refractivity contribution in [2.75, 3.05) is 13.1 Å². The third-order valence-corrected chi connectivity index (χ3v) is 5.15. The number of aromatic nitrogens is 3. The van der Waals surface area contributed by atoms with E-state index in [1.165, 1.54) is 16.1 Å².